The number of ether oxygens (including phenoxy) is 1. The Kier molecular flexibility index (Phi) is 12.6. The lowest BCUT2D eigenvalue weighted by Crippen LogP contribution is -2.07. The van der Waals surface area contributed by atoms with Crippen LogP contribution in [0.5, 0.6) is 0 Å². The highest BCUT2D eigenvalue weighted by atomic mass is 16.5. The van der Waals surface area contributed by atoms with E-state index in [-0.39, 0.29) is 17.7 Å². The zero-order chi connectivity index (χ0) is 20.6. The molecule has 0 aromatic carbocycles. The van der Waals surface area contributed by atoms with Gasteiger partial charge >= 0.3 is 5.97 Å². The number of methoxy groups -OCH3 is 1. The van der Waals surface area contributed by atoms with Crippen molar-refractivity contribution in [1.82, 2.24) is 0 Å². The zero-order valence-electron chi connectivity index (χ0n) is 17.2. The van der Waals surface area contributed by atoms with E-state index < -0.39 is 6.10 Å². The Labute approximate surface area is 169 Å². The molecular formula is C24H34O4. The van der Waals surface area contributed by atoms with Crippen molar-refractivity contribution in [3.8, 4) is 0 Å². The van der Waals surface area contributed by atoms with Gasteiger partial charge in [0, 0.05) is 17.9 Å². The van der Waals surface area contributed by atoms with Crippen molar-refractivity contribution in [1.29, 1.82) is 0 Å². The molecule has 0 amide bonds. The Bertz CT molecular complexity index is 623. The molecule has 4 heteroatoms. The maximum Gasteiger partial charge on any atom is 0.305 e. The van der Waals surface area contributed by atoms with Crippen LogP contribution in [0.3, 0.4) is 0 Å². The fourth-order valence-electron chi connectivity index (χ4n) is 2.92. The summed E-state index contributed by atoms with van der Waals surface area (Å²) in [4.78, 5) is 23.1. The third kappa shape index (κ3) is 10.2. The second kappa shape index (κ2) is 14.8. The third-order valence-corrected chi connectivity index (χ3v) is 4.56. The van der Waals surface area contributed by atoms with Crippen LogP contribution in [0.1, 0.15) is 58.3 Å². The van der Waals surface area contributed by atoms with E-state index >= 15 is 0 Å². The fraction of sp³-hybridized carbons (Fsp3) is 0.500. The van der Waals surface area contributed by atoms with Gasteiger partial charge in [0.2, 0.25) is 0 Å². The van der Waals surface area contributed by atoms with E-state index in [4.69, 9.17) is 0 Å². The number of carbonyl (C=O) groups is 2. The number of hydrogen-bond donors (Lipinski definition) is 1. The molecule has 154 valence electrons. The first kappa shape index (κ1) is 23.8. The summed E-state index contributed by atoms with van der Waals surface area (Å²) in [5, 5.41) is 10.1. The molecule has 2 atom stereocenters. The van der Waals surface area contributed by atoms with Crippen molar-refractivity contribution in [2.45, 2.75) is 64.4 Å². The molecule has 1 aliphatic carbocycles. The number of carbonyl (C=O) groups excluding carboxylic acids is 2. The molecule has 0 radical (unpaired) electrons. The summed E-state index contributed by atoms with van der Waals surface area (Å²) in [6, 6.07) is 0. The summed E-state index contributed by atoms with van der Waals surface area (Å²) in [5.41, 5.74) is 0.771. The standard InChI is InChI=1S/C24H34O4/c1-3-4-5-6-7-11-14-21(25)17-18-22-20(16-19-23(22)26)13-10-8-9-12-15-24(27)28-2/h4-5,7-8,10-11,16,18-21,25H,3,6,9,12-15,17H2,1-2H3. The van der Waals surface area contributed by atoms with E-state index in [1.807, 2.05) is 24.3 Å². The first-order valence-corrected chi connectivity index (χ1v) is 10.2. The number of unbranched alkanes of at least 4 members (excludes halogenated alkanes) is 1. The lowest BCUT2D eigenvalue weighted by Gasteiger charge is -2.10. The molecule has 0 aromatic heterocycles. The minimum Gasteiger partial charge on any atom is -0.469 e. The Morgan fingerprint density at radius 2 is 1.96 bits per heavy atom. The molecule has 0 bridgehead atoms. The first-order chi connectivity index (χ1) is 13.6. The van der Waals surface area contributed by atoms with E-state index in [9.17, 15) is 14.7 Å². The van der Waals surface area contributed by atoms with Gasteiger partial charge in [0.15, 0.2) is 5.78 Å². The molecule has 28 heavy (non-hydrogen) atoms. The maximum absolute atomic E-state index is 12.1. The van der Waals surface area contributed by atoms with Crippen molar-refractivity contribution >= 4 is 11.8 Å². The normalized spacial score (nSPS) is 19.6. The molecule has 4 nitrogen and oxygen atoms in total. The molecule has 1 rings (SSSR count). The molecule has 0 spiro atoms. The lowest BCUT2D eigenvalue weighted by atomic mass is 9.96. The SMILES string of the molecule is CCC=CCC=CCC(O)CC=C1C(=O)C=CC1CC=CCCCC(=O)OC. The topological polar surface area (TPSA) is 63.6 Å². The molecule has 1 N–H and O–H groups in total. The average molecular weight is 387 g/mol. The Hall–Kier alpha value is -2.20. The number of esters is 1. The van der Waals surface area contributed by atoms with Gasteiger partial charge in [-0.05, 0) is 51.0 Å². The molecule has 1 aliphatic rings. The minimum absolute atomic E-state index is 0.0385. The number of ketones is 1. The van der Waals surface area contributed by atoms with Gasteiger partial charge < -0.3 is 9.84 Å². The predicted molar refractivity (Wildman–Crippen MR) is 114 cm³/mol. The van der Waals surface area contributed by atoms with Crippen molar-refractivity contribution in [3.63, 3.8) is 0 Å². The maximum atomic E-state index is 12.1. The number of rotatable bonds is 13. The van der Waals surface area contributed by atoms with E-state index in [0.29, 0.717) is 19.3 Å². The van der Waals surface area contributed by atoms with Gasteiger partial charge in [-0.3, -0.25) is 9.59 Å². The van der Waals surface area contributed by atoms with Gasteiger partial charge in [0.1, 0.15) is 0 Å². The van der Waals surface area contributed by atoms with Crippen LogP contribution in [0.2, 0.25) is 0 Å². The second-order valence-corrected chi connectivity index (χ2v) is 6.88. The van der Waals surface area contributed by atoms with Crippen LogP contribution in [-0.4, -0.2) is 30.1 Å². The summed E-state index contributed by atoms with van der Waals surface area (Å²) < 4.78 is 4.61. The van der Waals surface area contributed by atoms with Crippen LogP contribution in [0.15, 0.2) is 60.3 Å². The molecule has 0 fully saturated rings. The largest absolute Gasteiger partial charge is 0.469 e. The second-order valence-electron chi connectivity index (χ2n) is 6.88. The van der Waals surface area contributed by atoms with Crippen molar-refractivity contribution in [2.24, 2.45) is 5.92 Å². The van der Waals surface area contributed by atoms with E-state index in [2.05, 4.69) is 36.0 Å². The predicted octanol–water partition coefficient (Wildman–Crippen LogP) is 5.01. The van der Waals surface area contributed by atoms with Crippen LogP contribution in [0.4, 0.5) is 0 Å². The lowest BCUT2D eigenvalue weighted by molar-refractivity contribution is -0.140. The smallest absolute Gasteiger partial charge is 0.305 e. The van der Waals surface area contributed by atoms with Gasteiger partial charge in [-0.1, -0.05) is 55.5 Å². The highest BCUT2D eigenvalue weighted by Crippen LogP contribution is 2.26. The summed E-state index contributed by atoms with van der Waals surface area (Å²) >= 11 is 0. The summed E-state index contributed by atoms with van der Waals surface area (Å²) in [6.07, 6.45) is 23.1. The molecule has 0 aliphatic heterocycles. The number of aliphatic hydroxyl groups excluding tert-OH is 1. The molecular weight excluding hydrogens is 352 g/mol. The zero-order valence-corrected chi connectivity index (χ0v) is 17.2. The fourth-order valence-corrected chi connectivity index (χ4v) is 2.92. The van der Waals surface area contributed by atoms with Crippen LogP contribution < -0.4 is 0 Å². The van der Waals surface area contributed by atoms with Gasteiger partial charge in [-0.25, -0.2) is 0 Å². The van der Waals surface area contributed by atoms with Crippen LogP contribution >= 0.6 is 0 Å². The highest BCUT2D eigenvalue weighted by Gasteiger charge is 2.21. The van der Waals surface area contributed by atoms with E-state index in [0.717, 1.165) is 37.7 Å². The molecule has 0 saturated carbocycles. The molecule has 0 aromatic rings. The van der Waals surface area contributed by atoms with Gasteiger partial charge in [-0.2, -0.15) is 0 Å². The number of hydrogen-bond acceptors (Lipinski definition) is 4. The molecule has 2 unspecified atom stereocenters. The number of aliphatic hydroxyl groups is 1. The summed E-state index contributed by atoms with van der Waals surface area (Å²) in [7, 11) is 1.40. The Morgan fingerprint density at radius 1 is 1.18 bits per heavy atom. The van der Waals surface area contributed by atoms with Gasteiger partial charge in [-0.15, -0.1) is 0 Å². The van der Waals surface area contributed by atoms with Gasteiger partial charge in [0.25, 0.3) is 0 Å². The first-order valence-electron chi connectivity index (χ1n) is 10.2. The molecule has 0 heterocycles. The minimum atomic E-state index is -0.471. The van der Waals surface area contributed by atoms with Crippen LogP contribution in [-0.2, 0) is 14.3 Å². The number of allylic oxidation sites excluding steroid dienone is 8. The summed E-state index contributed by atoms with van der Waals surface area (Å²) in [5.74, 6) is -0.0726. The monoisotopic (exact) mass is 386 g/mol. The van der Waals surface area contributed by atoms with Gasteiger partial charge in [0.05, 0.1) is 13.2 Å². The summed E-state index contributed by atoms with van der Waals surface area (Å²) in [6.45, 7) is 2.10. The highest BCUT2D eigenvalue weighted by molar-refractivity contribution is 6.07. The van der Waals surface area contributed by atoms with E-state index in [1.165, 1.54) is 7.11 Å². The molecule has 0 saturated heterocycles. The van der Waals surface area contributed by atoms with Crippen molar-refractivity contribution < 1.29 is 19.4 Å². The average Bonchev–Trinajstić information content (AvgIpc) is 3.04. The Balaban J connectivity index is 2.37. The van der Waals surface area contributed by atoms with E-state index in [1.54, 1.807) is 6.08 Å². The Morgan fingerprint density at radius 3 is 2.71 bits per heavy atom. The van der Waals surface area contributed by atoms with Crippen molar-refractivity contribution in [2.75, 3.05) is 7.11 Å². The van der Waals surface area contributed by atoms with Crippen molar-refractivity contribution in [3.05, 3.63) is 60.3 Å². The van der Waals surface area contributed by atoms with Crippen LogP contribution in [0.25, 0.3) is 0 Å². The third-order valence-electron chi connectivity index (χ3n) is 4.56. The van der Waals surface area contributed by atoms with Crippen LogP contribution in [0, 0.1) is 5.92 Å². The quantitative estimate of drug-likeness (QED) is 0.209.